The molecule has 5 heteroatoms. The van der Waals surface area contributed by atoms with Crippen molar-refractivity contribution in [3.63, 3.8) is 0 Å². The highest BCUT2D eigenvalue weighted by molar-refractivity contribution is 5.31. The Morgan fingerprint density at radius 2 is 2.05 bits per heavy atom. The summed E-state index contributed by atoms with van der Waals surface area (Å²) >= 11 is 0. The highest BCUT2D eigenvalue weighted by Gasteiger charge is 2.06. The number of ether oxygens (including phenoxy) is 1. The summed E-state index contributed by atoms with van der Waals surface area (Å²) in [4.78, 5) is 13.0. The Balaban J connectivity index is 2.10. The summed E-state index contributed by atoms with van der Waals surface area (Å²) in [6, 6.07) is 5.85. The van der Waals surface area contributed by atoms with E-state index in [0.717, 1.165) is 17.0 Å². The summed E-state index contributed by atoms with van der Waals surface area (Å²) in [5, 5.41) is 3.24. The SMILES string of the molecule is COc1cc(CNc2nc(C)cc(C(C)C)n2)ccn1. The van der Waals surface area contributed by atoms with Crippen molar-refractivity contribution in [2.24, 2.45) is 0 Å². The van der Waals surface area contributed by atoms with E-state index in [1.165, 1.54) is 0 Å². The van der Waals surface area contributed by atoms with Crippen LogP contribution in [-0.2, 0) is 6.54 Å². The number of anilines is 1. The Hall–Kier alpha value is -2.17. The number of pyridine rings is 1. The van der Waals surface area contributed by atoms with E-state index in [9.17, 15) is 0 Å². The largest absolute Gasteiger partial charge is 0.481 e. The van der Waals surface area contributed by atoms with Gasteiger partial charge in [0.1, 0.15) is 0 Å². The smallest absolute Gasteiger partial charge is 0.223 e. The molecular formula is C15H20N4O. The fraction of sp³-hybridized carbons (Fsp3) is 0.400. The summed E-state index contributed by atoms with van der Waals surface area (Å²) in [6.07, 6.45) is 1.73. The predicted octanol–water partition coefficient (Wildman–Crippen LogP) is 2.92. The number of nitrogens with zero attached hydrogens (tertiary/aromatic N) is 3. The molecule has 0 saturated heterocycles. The fourth-order valence-corrected chi connectivity index (χ4v) is 1.82. The first-order valence-corrected chi connectivity index (χ1v) is 6.67. The Bertz CT molecular complexity index is 584. The van der Waals surface area contributed by atoms with E-state index >= 15 is 0 Å². The molecule has 0 atom stereocenters. The molecule has 0 spiro atoms. The minimum atomic E-state index is 0.387. The van der Waals surface area contributed by atoms with Crippen molar-refractivity contribution in [2.75, 3.05) is 12.4 Å². The summed E-state index contributed by atoms with van der Waals surface area (Å²) < 4.78 is 5.11. The molecule has 20 heavy (non-hydrogen) atoms. The molecular weight excluding hydrogens is 252 g/mol. The fourth-order valence-electron chi connectivity index (χ4n) is 1.82. The van der Waals surface area contributed by atoms with Crippen LogP contribution in [0.15, 0.2) is 24.4 Å². The molecule has 5 nitrogen and oxygen atoms in total. The number of hydrogen-bond donors (Lipinski definition) is 1. The third-order valence-electron chi connectivity index (χ3n) is 2.92. The average molecular weight is 272 g/mol. The van der Waals surface area contributed by atoms with Crippen LogP contribution in [0, 0.1) is 6.92 Å². The monoisotopic (exact) mass is 272 g/mol. The quantitative estimate of drug-likeness (QED) is 0.906. The summed E-state index contributed by atoms with van der Waals surface area (Å²) in [5.74, 6) is 1.65. The molecule has 0 fully saturated rings. The minimum absolute atomic E-state index is 0.387. The van der Waals surface area contributed by atoms with Crippen LogP contribution in [0.1, 0.15) is 36.7 Å². The van der Waals surface area contributed by atoms with Crippen LogP contribution in [0.5, 0.6) is 5.88 Å². The molecule has 0 bridgehead atoms. The van der Waals surface area contributed by atoms with Crippen LogP contribution in [0.2, 0.25) is 0 Å². The molecule has 0 saturated carbocycles. The average Bonchev–Trinajstić information content (AvgIpc) is 2.44. The van der Waals surface area contributed by atoms with Gasteiger partial charge >= 0.3 is 0 Å². The Morgan fingerprint density at radius 3 is 2.75 bits per heavy atom. The highest BCUT2D eigenvalue weighted by Crippen LogP contribution is 2.15. The first-order chi connectivity index (χ1) is 9.58. The van der Waals surface area contributed by atoms with Gasteiger partial charge in [0.25, 0.3) is 0 Å². The van der Waals surface area contributed by atoms with E-state index in [-0.39, 0.29) is 0 Å². The van der Waals surface area contributed by atoms with Crippen molar-refractivity contribution < 1.29 is 4.74 Å². The van der Waals surface area contributed by atoms with Crippen LogP contribution in [0.3, 0.4) is 0 Å². The molecule has 2 heterocycles. The van der Waals surface area contributed by atoms with Gasteiger partial charge < -0.3 is 10.1 Å². The van der Waals surface area contributed by atoms with E-state index < -0.39 is 0 Å². The third-order valence-corrected chi connectivity index (χ3v) is 2.92. The molecule has 2 aromatic rings. The van der Waals surface area contributed by atoms with E-state index in [4.69, 9.17) is 4.74 Å². The van der Waals surface area contributed by atoms with Crippen LogP contribution >= 0.6 is 0 Å². The van der Waals surface area contributed by atoms with Gasteiger partial charge in [-0.3, -0.25) is 0 Å². The molecule has 0 aliphatic carbocycles. The highest BCUT2D eigenvalue weighted by atomic mass is 16.5. The lowest BCUT2D eigenvalue weighted by Gasteiger charge is -2.10. The predicted molar refractivity (Wildman–Crippen MR) is 79.0 cm³/mol. The van der Waals surface area contributed by atoms with E-state index in [1.807, 2.05) is 25.1 Å². The number of nitrogens with one attached hydrogen (secondary N) is 1. The zero-order valence-corrected chi connectivity index (χ0v) is 12.3. The molecule has 0 aliphatic heterocycles. The van der Waals surface area contributed by atoms with E-state index in [2.05, 4.69) is 34.1 Å². The van der Waals surface area contributed by atoms with Crippen molar-refractivity contribution in [2.45, 2.75) is 33.2 Å². The van der Waals surface area contributed by atoms with Crippen molar-refractivity contribution in [1.82, 2.24) is 15.0 Å². The minimum Gasteiger partial charge on any atom is -0.481 e. The molecule has 0 aliphatic rings. The van der Waals surface area contributed by atoms with Crippen LogP contribution < -0.4 is 10.1 Å². The first-order valence-electron chi connectivity index (χ1n) is 6.67. The van der Waals surface area contributed by atoms with E-state index in [1.54, 1.807) is 13.3 Å². The normalized spacial score (nSPS) is 10.7. The lowest BCUT2D eigenvalue weighted by atomic mass is 10.1. The number of rotatable bonds is 5. The second-order valence-electron chi connectivity index (χ2n) is 4.97. The molecule has 106 valence electrons. The molecule has 0 aromatic carbocycles. The molecule has 2 rings (SSSR count). The maximum atomic E-state index is 5.11. The second kappa shape index (κ2) is 6.32. The Kier molecular flexibility index (Phi) is 4.50. The molecule has 0 amide bonds. The number of methoxy groups -OCH3 is 1. The van der Waals surface area contributed by atoms with Gasteiger partial charge in [-0.05, 0) is 30.5 Å². The van der Waals surface area contributed by atoms with Gasteiger partial charge in [-0.25, -0.2) is 15.0 Å². The third kappa shape index (κ3) is 3.66. The van der Waals surface area contributed by atoms with Crippen LogP contribution in [0.4, 0.5) is 5.95 Å². The van der Waals surface area contributed by atoms with E-state index in [0.29, 0.717) is 24.3 Å². The Morgan fingerprint density at radius 1 is 1.25 bits per heavy atom. The molecule has 2 aromatic heterocycles. The summed E-state index contributed by atoms with van der Waals surface area (Å²) in [6.45, 7) is 6.87. The van der Waals surface area contributed by atoms with Gasteiger partial charge in [-0.2, -0.15) is 0 Å². The molecule has 0 unspecified atom stereocenters. The maximum absolute atomic E-state index is 5.11. The van der Waals surface area contributed by atoms with Crippen molar-refractivity contribution in [3.05, 3.63) is 41.3 Å². The zero-order valence-electron chi connectivity index (χ0n) is 12.3. The maximum Gasteiger partial charge on any atom is 0.223 e. The standard InChI is InChI=1S/C15H20N4O/c1-10(2)13-7-11(3)18-15(19-13)17-9-12-5-6-16-14(8-12)20-4/h5-8,10H,9H2,1-4H3,(H,17,18,19). The van der Waals surface area contributed by atoms with Gasteiger partial charge in [-0.1, -0.05) is 13.8 Å². The van der Waals surface area contributed by atoms with Crippen LogP contribution in [-0.4, -0.2) is 22.1 Å². The zero-order chi connectivity index (χ0) is 14.5. The molecule has 0 radical (unpaired) electrons. The Labute approximate surface area is 119 Å². The van der Waals surface area contributed by atoms with Gasteiger partial charge in [-0.15, -0.1) is 0 Å². The molecule has 1 N–H and O–H groups in total. The number of hydrogen-bond acceptors (Lipinski definition) is 5. The summed E-state index contributed by atoms with van der Waals surface area (Å²) in [7, 11) is 1.61. The number of aromatic nitrogens is 3. The summed E-state index contributed by atoms with van der Waals surface area (Å²) in [5.41, 5.74) is 3.10. The topological polar surface area (TPSA) is 59.9 Å². The number of aryl methyl sites for hydroxylation is 1. The van der Waals surface area contributed by atoms with Gasteiger partial charge in [0.15, 0.2) is 0 Å². The van der Waals surface area contributed by atoms with Crippen molar-refractivity contribution >= 4 is 5.95 Å². The van der Waals surface area contributed by atoms with Gasteiger partial charge in [0.2, 0.25) is 11.8 Å². The lowest BCUT2D eigenvalue weighted by molar-refractivity contribution is 0.397. The lowest BCUT2D eigenvalue weighted by Crippen LogP contribution is -2.07. The van der Waals surface area contributed by atoms with Crippen LogP contribution in [0.25, 0.3) is 0 Å². The first kappa shape index (κ1) is 14.2. The van der Waals surface area contributed by atoms with Gasteiger partial charge in [0, 0.05) is 30.2 Å². The second-order valence-corrected chi connectivity index (χ2v) is 4.97. The van der Waals surface area contributed by atoms with Crippen molar-refractivity contribution in [3.8, 4) is 5.88 Å². The van der Waals surface area contributed by atoms with Gasteiger partial charge in [0.05, 0.1) is 7.11 Å². The van der Waals surface area contributed by atoms with Crippen molar-refractivity contribution in [1.29, 1.82) is 0 Å².